The molecule has 1 aliphatic rings. The molecule has 3 N–H and O–H groups in total. The number of primary amides is 1. The summed E-state index contributed by atoms with van der Waals surface area (Å²) in [6, 6.07) is 4.82. The molecule has 0 spiro atoms. The number of nitrogens with zero attached hydrogens (tertiary/aromatic N) is 4. The van der Waals surface area contributed by atoms with Crippen molar-refractivity contribution >= 4 is 17.4 Å². The Bertz CT molecular complexity index is 1670. The van der Waals surface area contributed by atoms with E-state index in [1.165, 1.54) is 25.3 Å². The summed E-state index contributed by atoms with van der Waals surface area (Å²) < 4.78 is 90.3. The van der Waals surface area contributed by atoms with Crippen LogP contribution in [0.5, 0.6) is 0 Å². The van der Waals surface area contributed by atoms with Gasteiger partial charge >= 0.3 is 6.18 Å². The SMILES string of the molecule is C=C(/C=C\C(F)=C(/C)C(N)=O)c1cccnc1[C@H](Cc1cc(F)cc(F)c1)NC(=O)Cn1cc(CN2CCOCC2)c(C(F)(F)F)n1. The van der Waals surface area contributed by atoms with Crippen molar-refractivity contribution in [2.75, 3.05) is 26.3 Å². The van der Waals surface area contributed by atoms with Crippen LogP contribution in [-0.2, 0) is 40.0 Å². The standard InChI is InChI=1S/C32H32F6N6O3/c1-19(5-6-26(35)20(2)31(39)46)25-4-3-7-40-29(25)27(14-21-12-23(33)15-24(34)13-21)41-28(45)18-44-17-22(30(42-44)32(36,37)38)16-43-8-10-47-11-9-43/h3-7,12-13,15,17,27H,1,8-11,14,16,18H2,2H3,(H2,39,46)(H,41,45)/b6-5-,26-20-/t27-/m0/s1. The minimum absolute atomic E-state index is 0.0464. The predicted octanol–water partition coefficient (Wildman–Crippen LogP) is 4.81. The van der Waals surface area contributed by atoms with Gasteiger partial charge in [-0.1, -0.05) is 18.7 Å². The number of nitrogens with one attached hydrogen (secondary N) is 1. The molecule has 2 aromatic heterocycles. The van der Waals surface area contributed by atoms with Gasteiger partial charge in [0.05, 0.1) is 24.9 Å². The summed E-state index contributed by atoms with van der Waals surface area (Å²) in [4.78, 5) is 30.8. The number of hydrogen-bond acceptors (Lipinski definition) is 6. The number of carbonyl (C=O) groups is 2. The molecule has 0 unspecified atom stereocenters. The highest BCUT2D eigenvalue weighted by Crippen LogP contribution is 2.32. The maximum absolute atomic E-state index is 14.4. The largest absolute Gasteiger partial charge is 0.435 e. The summed E-state index contributed by atoms with van der Waals surface area (Å²) in [5.41, 5.74) is 4.38. The van der Waals surface area contributed by atoms with Crippen molar-refractivity contribution in [3.63, 3.8) is 0 Å². The van der Waals surface area contributed by atoms with Crippen molar-refractivity contribution in [3.8, 4) is 0 Å². The Kier molecular flexibility index (Phi) is 11.4. The minimum atomic E-state index is -4.77. The second-order valence-corrected chi connectivity index (χ2v) is 10.8. The number of benzene rings is 1. The topological polar surface area (TPSA) is 115 Å². The summed E-state index contributed by atoms with van der Waals surface area (Å²) in [6.07, 6.45) is -0.190. The van der Waals surface area contributed by atoms with E-state index in [9.17, 15) is 35.9 Å². The zero-order chi connectivity index (χ0) is 34.3. The van der Waals surface area contributed by atoms with Crippen LogP contribution in [0, 0.1) is 11.6 Å². The van der Waals surface area contributed by atoms with Gasteiger partial charge in [0, 0.05) is 54.8 Å². The third kappa shape index (κ3) is 9.62. The smallest absolute Gasteiger partial charge is 0.379 e. The number of hydrogen-bond donors (Lipinski definition) is 2. The Hall–Kier alpha value is -4.76. The van der Waals surface area contributed by atoms with Gasteiger partial charge in [-0.3, -0.25) is 24.2 Å². The summed E-state index contributed by atoms with van der Waals surface area (Å²) in [5, 5.41) is 6.34. The number of alkyl halides is 3. The fourth-order valence-electron chi connectivity index (χ4n) is 4.94. The molecule has 47 heavy (non-hydrogen) atoms. The van der Waals surface area contributed by atoms with E-state index in [4.69, 9.17) is 10.5 Å². The van der Waals surface area contributed by atoms with Crippen LogP contribution in [-0.4, -0.2) is 57.8 Å². The number of aromatic nitrogens is 3. The van der Waals surface area contributed by atoms with Gasteiger partial charge in [0.2, 0.25) is 11.8 Å². The lowest BCUT2D eigenvalue weighted by Gasteiger charge is -2.26. The summed E-state index contributed by atoms with van der Waals surface area (Å²) >= 11 is 0. The van der Waals surface area contributed by atoms with Crippen LogP contribution < -0.4 is 11.1 Å². The van der Waals surface area contributed by atoms with E-state index in [0.717, 1.165) is 29.1 Å². The number of nitrogens with two attached hydrogens (primary N) is 1. The molecule has 15 heteroatoms. The lowest BCUT2D eigenvalue weighted by Crippen LogP contribution is -2.36. The number of halogens is 6. The second kappa shape index (κ2) is 15.2. The number of pyridine rings is 1. The fraction of sp³-hybridized carbons (Fsp3) is 0.312. The Balaban J connectivity index is 1.64. The minimum Gasteiger partial charge on any atom is -0.379 e. The van der Waals surface area contributed by atoms with E-state index in [-0.39, 0.29) is 40.9 Å². The molecule has 2 amide bonds. The summed E-state index contributed by atoms with van der Waals surface area (Å²) in [5.74, 6) is -4.37. The first kappa shape index (κ1) is 35.1. The summed E-state index contributed by atoms with van der Waals surface area (Å²) in [7, 11) is 0. The summed E-state index contributed by atoms with van der Waals surface area (Å²) in [6.45, 7) is 6.08. The molecule has 0 bridgehead atoms. The van der Waals surface area contributed by atoms with E-state index in [1.807, 2.05) is 0 Å². The zero-order valence-electron chi connectivity index (χ0n) is 25.3. The highest BCUT2D eigenvalue weighted by atomic mass is 19.4. The molecule has 0 aliphatic carbocycles. The van der Waals surface area contributed by atoms with E-state index in [1.54, 1.807) is 11.0 Å². The van der Waals surface area contributed by atoms with E-state index >= 15 is 0 Å². The monoisotopic (exact) mass is 662 g/mol. The molecule has 1 aliphatic heterocycles. The number of carbonyl (C=O) groups excluding carboxylic acids is 2. The van der Waals surface area contributed by atoms with Crippen LogP contribution >= 0.6 is 0 Å². The van der Waals surface area contributed by atoms with E-state index in [2.05, 4.69) is 22.0 Å². The van der Waals surface area contributed by atoms with Gasteiger partial charge in [0.1, 0.15) is 24.0 Å². The Labute approximate surface area is 266 Å². The van der Waals surface area contributed by atoms with Crippen molar-refractivity contribution in [3.05, 3.63) is 113 Å². The van der Waals surface area contributed by atoms with Gasteiger partial charge in [-0.2, -0.15) is 18.3 Å². The maximum Gasteiger partial charge on any atom is 0.435 e. The Morgan fingerprint density at radius 3 is 2.47 bits per heavy atom. The molecule has 4 rings (SSSR count). The van der Waals surface area contributed by atoms with Crippen LogP contribution in [0.2, 0.25) is 0 Å². The molecule has 9 nitrogen and oxygen atoms in total. The highest BCUT2D eigenvalue weighted by Gasteiger charge is 2.38. The number of morpholine rings is 1. The van der Waals surface area contributed by atoms with Crippen molar-refractivity contribution < 1.29 is 40.7 Å². The molecule has 0 saturated carbocycles. The van der Waals surface area contributed by atoms with Crippen LogP contribution in [0.15, 0.2) is 72.9 Å². The van der Waals surface area contributed by atoms with Crippen LogP contribution in [0.1, 0.15) is 41.0 Å². The van der Waals surface area contributed by atoms with Crippen LogP contribution in [0.25, 0.3) is 5.57 Å². The normalized spacial score (nSPS) is 15.4. The average Bonchev–Trinajstić information content (AvgIpc) is 3.41. The molecular formula is C32H32F6N6O3. The fourth-order valence-corrected chi connectivity index (χ4v) is 4.94. The maximum atomic E-state index is 14.4. The van der Waals surface area contributed by atoms with E-state index in [0.29, 0.717) is 37.9 Å². The number of ether oxygens (including phenoxy) is 1. The van der Waals surface area contributed by atoms with Gasteiger partial charge in [-0.05, 0) is 48.8 Å². The zero-order valence-corrected chi connectivity index (χ0v) is 25.3. The third-order valence-electron chi connectivity index (χ3n) is 7.28. The van der Waals surface area contributed by atoms with Crippen LogP contribution in [0.4, 0.5) is 26.3 Å². The van der Waals surface area contributed by atoms with Crippen molar-refractivity contribution in [2.24, 2.45) is 5.73 Å². The van der Waals surface area contributed by atoms with Crippen molar-refractivity contribution in [2.45, 2.75) is 38.7 Å². The third-order valence-corrected chi connectivity index (χ3v) is 7.28. The van der Waals surface area contributed by atoms with Gasteiger partial charge in [0.25, 0.3) is 0 Å². The van der Waals surface area contributed by atoms with E-state index < -0.39 is 53.7 Å². The lowest BCUT2D eigenvalue weighted by molar-refractivity contribution is -0.142. The van der Waals surface area contributed by atoms with Gasteiger partial charge in [-0.15, -0.1) is 0 Å². The molecule has 1 fully saturated rings. The van der Waals surface area contributed by atoms with Gasteiger partial charge < -0.3 is 15.8 Å². The quantitative estimate of drug-likeness (QED) is 0.164. The second-order valence-electron chi connectivity index (χ2n) is 10.8. The molecule has 3 aromatic rings. The first-order chi connectivity index (χ1) is 22.2. The lowest BCUT2D eigenvalue weighted by atomic mass is 9.95. The average molecular weight is 663 g/mol. The Morgan fingerprint density at radius 1 is 1.15 bits per heavy atom. The molecular weight excluding hydrogens is 630 g/mol. The molecule has 250 valence electrons. The Morgan fingerprint density at radius 2 is 1.83 bits per heavy atom. The highest BCUT2D eigenvalue weighted by molar-refractivity contribution is 5.92. The predicted molar refractivity (Wildman–Crippen MR) is 160 cm³/mol. The first-order valence-electron chi connectivity index (χ1n) is 14.4. The van der Waals surface area contributed by atoms with Crippen LogP contribution in [0.3, 0.4) is 0 Å². The molecule has 1 atom stereocenters. The van der Waals surface area contributed by atoms with Gasteiger partial charge in [-0.25, -0.2) is 13.2 Å². The number of amides is 2. The van der Waals surface area contributed by atoms with Crippen molar-refractivity contribution in [1.82, 2.24) is 25.0 Å². The molecule has 1 aromatic carbocycles. The number of allylic oxidation sites excluding steroid dienone is 4. The first-order valence-corrected chi connectivity index (χ1v) is 14.4. The van der Waals surface area contributed by atoms with Crippen molar-refractivity contribution in [1.29, 1.82) is 0 Å². The molecule has 1 saturated heterocycles. The molecule has 3 heterocycles. The van der Waals surface area contributed by atoms with Gasteiger partial charge in [0.15, 0.2) is 5.69 Å². The molecule has 0 radical (unpaired) electrons. The number of rotatable bonds is 12.